The summed E-state index contributed by atoms with van der Waals surface area (Å²) in [6.07, 6.45) is 1.54. The number of carbonyl (C=O) groups excluding carboxylic acids is 2. The number of rotatable bonds is 8. The number of hydrogen-bond donors (Lipinski definition) is 1. The molecule has 2 saturated heterocycles. The van der Waals surface area contributed by atoms with Crippen molar-refractivity contribution in [3.05, 3.63) is 89.1 Å². The van der Waals surface area contributed by atoms with Crippen molar-refractivity contribution in [3.63, 3.8) is 0 Å². The van der Waals surface area contributed by atoms with E-state index in [-0.39, 0.29) is 23.7 Å². The highest BCUT2D eigenvalue weighted by atomic mass is 16.6. The highest BCUT2D eigenvalue weighted by molar-refractivity contribution is 6.39. The number of cyclic esters (lactones) is 1. The summed E-state index contributed by atoms with van der Waals surface area (Å²) in [7, 11) is 0. The van der Waals surface area contributed by atoms with Crippen molar-refractivity contribution in [3.8, 4) is 11.6 Å². The molecule has 0 unspecified atom stereocenters. The molecule has 38 heavy (non-hydrogen) atoms. The molecule has 0 aliphatic carbocycles. The molecule has 9 nitrogen and oxygen atoms in total. The molecule has 0 saturated carbocycles. The lowest BCUT2D eigenvalue weighted by molar-refractivity contribution is -0.131. The van der Waals surface area contributed by atoms with Gasteiger partial charge in [-0.2, -0.15) is 0 Å². The maximum absolute atomic E-state index is 12.5. The quantitative estimate of drug-likeness (QED) is 0.342. The second-order valence-corrected chi connectivity index (χ2v) is 9.57. The molecular formula is C29H29N3O6. The van der Waals surface area contributed by atoms with Crippen molar-refractivity contribution < 1.29 is 29.0 Å². The number of carbonyl (C=O) groups is 3. The summed E-state index contributed by atoms with van der Waals surface area (Å²) < 4.78 is 11.2. The van der Waals surface area contributed by atoms with Crippen LogP contribution in [-0.2, 0) is 16.1 Å². The number of nitrogens with zero attached hydrogens (tertiary/aromatic N) is 3. The number of piperidine rings is 1. The van der Waals surface area contributed by atoms with E-state index in [1.165, 1.54) is 12.1 Å². The van der Waals surface area contributed by atoms with Crippen molar-refractivity contribution in [1.82, 2.24) is 14.8 Å². The standard InChI is InChI=1S/C29H29N3O6/c1-19-22(9-12-26(30-19)38-24-10-7-21(8-11-24)27(33)28(34)35)17-31-15-13-23(14-16-31)32-25(18-37-29(32)36)20-5-3-2-4-6-20/h2-12,23,25H,13-18H2,1H3,(H,34,35)/t25-/m0/s1. The maximum Gasteiger partial charge on any atom is 0.410 e. The third-order valence-corrected chi connectivity index (χ3v) is 7.14. The van der Waals surface area contributed by atoms with Crippen LogP contribution in [0, 0.1) is 6.92 Å². The van der Waals surface area contributed by atoms with Crippen LogP contribution in [0.4, 0.5) is 4.79 Å². The Kier molecular flexibility index (Phi) is 7.37. The minimum absolute atomic E-state index is 0.0342. The van der Waals surface area contributed by atoms with Gasteiger partial charge in [0.05, 0.1) is 6.04 Å². The molecule has 2 aliphatic rings. The van der Waals surface area contributed by atoms with Gasteiger partial charge in [-0.1, -0.05) is 36.4 Å². The third-order valence-electron chi connectivity index (χ3n) is 7.14. The number of aliphatic carboxylic acids is 1. The Morgan fingerprint density at radius 2 is 1.74 bits per heavy atom. The van der Waals surface area contributed by atoms with Gasteiger partial charge >= 0.3 is 12.1 Å². The van der Waals surface area contributed by atoms with Gasteiger partial charge in [0.15, 0.2) is 0 Å². The van der Waals surface area contributed by atoms with E-state index in [1.807, 2.05) is 48.2 Å². The molecule has 0 bridgehead atoms. The first-order valence-electron chi connectivity index (χ1n) is 12.6. The first-order valence-corrected chi connectivity index (χ1v) is 12.6. The van der Waals surface area contributed by atoms with Crippen LogP contribution < -0.4 is 4.74 Å². The Hall–Kier alpha value is -4.24. The summed E-state index contributed by atoms with van der Waals surface area (Å²) in [5.74, 6) is -1.58. The van der Waals surface area contributed by atoms with Crippen LogP contribution in [0.25, 0.3) is 0 Å². The molecule has 196 valence electrons. The number of carboxylic acid groups (broad SMARTS) is 1. The van der Waals surface area contributed by atoms with Crippen molar-refractivity contribution in [2.75, 3.05) is 19.7 Å². The number of likely N-dealkylation sites (tertiary alicyclic amines) is 1. The monoisotopic (exact) mass is 515 g/mol. The lowest BCUT2D eigenvalue weighted by Gasteiger charge is -2.38. The molecule has 2 fully saturated rings. The SMILES string of the molecule is Cc1nc(Oc2ccc(C(=O)C(=O)O)cc2)ccc1CN1CCC(N2C(=O)OC[C@H]2c2ccccc2)CC1. The van der Waals surface area contributed by atoms with E-state index in [2.05, 4.69) is 9.88 Å². The van der Waals surface area contributed by atoms with E-state index in [4.69, 9.17) is 14.6 Å². The van der Waals surface area contributed by atoms with E-state index in [9.17, 15) is 14.4 Å². The largest absolute Gasteiger partial charge is 0.475 e. The predicted molar refractivity (Wildman–Crippen MR) is 138 cm³/mol. The number of pyridine rings is 1. The minimum atomic E-state index is -1.49. The molecule has 0 spiro atoms. The van der Waals surface area contributed by atoms with Crippen LogP contribution in [0.3, 0.4) is 0 Å². The van der Waals surface area contributed by atoms with Gasteiger partial charge in [0.1, 0.15) is 12.4 Å². The topological polar surface area (TPSA) is 109 Å². The number of carboxylic acids is 1. The second-order valence-electron chi connectivity index (χ2n) is 9.57. The normalized spacial score (nSPS) is 18.3. The summed E-state index contributed by atoms with van der Waals surface area (Å²) in [5.41, 5.74) is 3.15. The number of ketones is 1. The molecule has 9 heteroatoms. The average molecular weight is 516 g/mol. The van der Waals surface area contributed by atoms with Gasteiger partial charge in [-0.25, -0.2) is 14.6 Å². The highest BCUT2D eigenvalue weighted by Crippen LogP contribution is 2.33. The van der Waals surface area contributed by atoms with Crippen molar-refractivity contribution in [2.45, 2.75) is 38.4 Å². The van der Waals surface area contributed by atoms with Crippen LogP contribution in [0.5, 0.6) is 11.6 Å². The first-order chi connectivity index (χ1) is 18.4. The van der Waals surface area contributed by atoms with Gasteiger partial charge in [-0.3, -0.25) is 14.6 Å². The molecule has 1 aromatic heterocycles. The van der Waals surface area contributed by atoms with Crippen LogP contribution >= 0.6 is 0 Å². The molecular weight excluding hydrogens is 486 g/mol. The van der Waals surface area contributed by atoms with E-state index < -0.39 is 11.8 Å². The van der Waals surface area contributed by atoms with Gasteiger partial charge in [0, 0.05) is 43.0 Å². The van der Waals surface area contributed by atoms with Crippen molar-refractivity contribution in [1.29, 1.82) is 0 Å². The lowest BCUT2D eigenvalue weighted by Crippen LogP contribution is -2.46. The van der Waals surface area contributed by atoms with Crippen LogP contribution in [0.15, 0.2) is 66.7 Å². The Labute approximate surface area is 220 Å². The number of amides is 1. The molecule has 0 radical (unpaired) electrons. The Balaban J connectivity index is 1.17. The van der Waals surface area contributed by atoms with E-state index in [0.29, 0.717) is 18.2 Å². The van der Waals surface area contributed by atoms with Gasteiger partial charge in [0.2, 0.25) is 5.88 Å². The summed E-state index contributed by atoms with van der Waals surface area (Å²) in [6.45, 7) is 4.83. The number of benzene rings is 2. The second kappa shape index (κ2) is 11.0. The van der Waals surface area contributed by atoms with Crippen LogP contribution in [0.1, 0.15) is 46.1 Å². The summed E-state index contributed by atoms with van der Waals surface area (Å²) >= 11 is 0. The first kappa shape index (κ1) is 25.4. The fraction of sp³-hybridized carbons (Fsp3) is 0.310. The number of aromatic nitrogens is 1. The molecule has 3 heterocycles. The fourth-order valence-corrected chi connectivity index (χ4v) is 5.07. The van der Waals surface area contributed by atoms with Gasteiger partial charge < -0.3 is 14.6 Å². The summed E-state index contributed by atoms with van der Waals surface area (Å²) in [5, 5.41) is 8.83. The van der Waals surface area contributed by atoms with E-state index >= 15 is 0 Å². The predicted octanol–water partition coefficient (Wildman–Crippen LogP) is 4.61. The number of aryl methyl sites for hydroxylation is 1. The summed E-state index contributed by atoms with van der Waals surface area (Å²) in [6, 6.07) is 19.9. The van der Waals surface area contributed by atoms with Gasteiger partial charge in [0.25, 0.3) is 5.78 Å². The van der Waals surface area contributed by atoms with Crippen LogP contribution in [0.2, 0.25) is 0 Å². The van der Waals surface area contributed by atoms with Gasteiger partial charge in [-0.05, 0) is 55.2 Å². The lowest BCUT2D eigenvalue weighted by atomic mass is 9.98. The molecule has 2 aromatic carbocycles. The Morgan fingerprint density at radius 3 is 2.39 bits per heavy atom. The zero-order chi connectivity index (χ0) is 26.6. The van der Waals surface area contributed by atoms with E-state index in [1.54, 1.807) is 18.2 Å². The minimum Gasteiger partial charge on any atom is -0.475 e. The zero-order valence-electron chi connectivity index (χ0n) is 21.1. The number of hydrogen-bond acceptors (Lipinski definition) is 7. The van der Waals surface area contributed by atoms with E-state index in [0.717, 1.165) is 49.3 Å². The third kappa shape index (κ3) is 5.52. The van der Waals surface area contributed by atoms with Crippen molar-refractivity contribution in [2.24, 2.45) is 0 Å². The van der Waals surface area contributed by atoms with Crippen LogP contribution in [-0.4, -0.2) is 63.5 Å². The van der Waals surface area contributed by atoms with Crippen molar-refractivity contribution >= 4 is 17.8 Å². The number of Topliss-reactive ketones (excluding diaryl/α,β-unsaturated/α-hetero) is 1. The molecule has 3 aromatic rings. The smallest absolute Gasteiger partial charge is 0.410 e. The number of ether oxygens (including phenoxy) is 2. The average Bonchev–Trinajstić information content (AvgIpc) is 3.32. The zero-order valence-corrected chi connectivity index (χ0v) is 21.1. The molecule has 1 N–H and O–H groups in total. The molecule has 2 aliphatic heterocycles. The Bertz CT molecular complexity index is 1320. The highest BCUT2D eigenvalue weighted by Gasteiger charge is 2.40. The van der Waals surface area contributed by atoms with Gasteiger partial charge in [-0.15, -0.1) is 0 Å². The molecule has 1 amide bonds. The fourth-order valence-electron chi connectivity index (χ4n) is 5.07. The molecule has 5 rings (SSSR count). The summed E-state index contributed by atoms with van der Waals surface area (Å²) in [4.78, 5) is 43.8. The Morgan fingerprint density at radius 1 is 1.03 bits per heavy atom. The maximum atomic E-state index is 12.5. The molecule has 1 atom stereocenters.